The summed E-state index contributed by atoms with van der Waals surface area (Å²) in [5, 5.41) is 0. The quantitative estimate of drug-likeness (QED) is 0.501. The number of nitrogens with zero attached hydrogens (tertiary/aromatic N) is 1. The number of rotatable bonds is 1. The Labute approximate surface area is 63.7 Å². The Balaban J connectivity index is 2.39. The lowest BCUT2D eigenvalue weighted by atomic mass is 10.2. The van der Waals surface area contributed by atoms with Crippen LogP contribution in [0.2, 0.25) is 0 Å². The first-order valence-corrected chi connectivity index (χ1v) is 4.22. The largest absolute Gasteiger partial charge is 0.303 e. The Bertz CT molecular complexity index is 118. The average molecular weight is 139 g/mol. The molecule has 1 aliphatic heterocycles. The molecule has 0 saturated carbocycles. The van der Waals surface area contributed by atoms with Crippen molar-refractivity contribution in [2.75, 3.05) is 19.6 Å². The molecule has 1 atom stereocenters. The lowest BCUT2D eigenvalue weighted by Gasteiger charge is -2.19. The van der Waals surface area contributed by atoms with E-state index in [2.05, 4.69) is 30.9 Å². The molecule has 1 unspecified atom stereocenters. The summed E-state index contributed by atoms with van der Waals surface area (Å²) in [6, 6.07) is 0. The van der Waals surface area contributed by atoms with Crippen LogP contribution in [-0.2, 0) is 0 Å². The standard InChI is InChI=1S/C9H17N/c1-3-10-7-5-4-6-9(2)8-10/h4,6,9H,3,5,7-8H2,1-2H3. The Morgan fingerprint density at radius 2 is 2.40 bits per heavy atom. The van der Waals surface area contributed by atoms with Crippen LogP contribution in [0.4, 0.5) is 0 Å². The Morgan fingerprint density at radius 3 is 3.10 bits per heavy atom. The number of hydrogen-bond acceptors (Lipinski definition) is 1. The Kier molecular flexibility index (Phi) is 2.94. The topological polar surface area (TPSA) is 3.24 Å². The van der Waals surface area contributed by atoms with Gasteiger partial charge in [-0.1, -0.05) is 26.0 Å². The maximum absolute atomic E-state index is 2.50. The zero-order chi connectivity index (χ0) is 7.40. The van der Waals surface area contributed by atoms with Crippen LogP contribution in [0.15, 0.2) is 12.2 Å². The van der Waals surface area contributed by atoms with Gasteiger partial charge in [-0.2, -0.15) is 0 Å². The van der Waals surface area contributed by atoms with Crippen LogP contribution >= 0.6 is 0 Å². The molecule has 1 heterocycles. The summed E-state index contributed by atoms with van der Waals surface area (Å²) in [6.07, 6.45) is 5.87. The highest BCUT2D eigenvalue weighted by atomic mass is 15.1. The zero-order valence-electron chi connectivity index (χ0n) is 7.01. The maximum Gasteiger partial charge on any atom is 0.00417 e. The van der Waals surface area contributed by atoms with E-state index < -0.39 is 0 Å². The van der Waals surface area contributed by atoms with Crippen molar-refractivity contribution < 1.29 is 0 Å². The molecule has 1 rings (SSSR count). The first-order valence-electron chi connectivity index (χ1n) is 4.22. The molecule has 0 aromatic rings. The molecule has 0 fully saturated rings. The molecular weight excluding hydrogens is 122 g/mol. The second-order valence-corrected chi connectivity index (χ2v) is 3.09. The monoisotopic (exact) mass is 139 g/mol. The second kappa shape index (κ2) is 3.77. The van der Waals surface area contributed by atoms with Crippen molar-refractivity contribution in [3.8, 4) is 0 Å². The molecule has 0 N–H and O–H groups in total. The molecule has 0 saturated heterocycles. The van der Waals surface area contributed by atoms with Gasteiger partial charge in [0.25, 0.3) is 0 Å². The Morgan fingerprint density at radius 1 is 1.60 bits per heavy atom. The van der Waals surface area contributed by atoms with Gasteiger partial charge < -0.3 is 4.90 Å². The molecule has 0 spiro atoms. The molecule has 1 aliphatic rings. The molecule has 0 aliphatic carbocycles. The van der Waals surface area contributed by atoms with Crippen molar-refractivity contribution in [1.29, 1.82) is 0 Å². The summed E-state index contributed by atoms with van der Waals surface area (Å²) in [5.41, 5.74) is 0. The van der Waals surface area contributed by atoms with Crippen molar-refractivity contribution in [3.05, 3.63) is 12.2 Å². The fourth-order valence-corrected chi connectivity index (χ4v) is 1.43. The van der Waals surface area contributed by atoms with Gasteiger partial charge in [-0.3, -0.25) is 0 Å². The molecule has 1 heteroatoms. The van der Waals surface area contributed by atoms with Crippen molar-refractivity contribution in [2.24, 2.45) is 5.92 Å². The van der Waals surface area contributed by atoms with Gasteiger partial charge >= 0.3 is 0 Å². The predicted octanol–water partition coefficient (Wildman–Crippen LogP) is 1.90. The molecule has 0 bridgehead atoms. The first kappa shape index (κ1) is 7.80. The fraction of sp³-hybridized carbons (Fsp3) is 0.778. The Hall–Kier alpha value is -0.300. The summed E-state index contributed by atoms with van der Waals surface area (Å²) in [7, 11) is 0. The van der Waals surface area contributed by atoms with Crippen LogP contribution in [0.5, 0.6) is 0 Å². The van der Waals surface area contributed by atoms with E-state index in [0.29, 0.717) is 0 Å². The van der Waals surface area contributed by atoms with Gasteiger partial charge in [0.1, 0.15) is 0 Å². The van der Waals surface area contributed by atoms with Crippen LogP contribution in [0.25, 0.3) is 0 Å². The summed E-state index contributed by atoms with van der Waals surface area (Å²) in [6.45, 7) is 8.21. The fourth-order valence-electron chi connectivity index (χ4n) is 1.43. The van der Waals surface area contributed by atoms with E-state index in [1.165, 1.54) is 26.1 Å². The van der Waals surface area contributed by atoms with Gasteiger partial charge in [-0.05, 0) is 18.9 Å². The van der Waals surface area contributed by atoms with E-state index in [-0.39, 0.29) is 0 Å². The lowest BCUT2D eigenvalue weighted by molar-refractivity contribution is 0.278. The van der Waals surface area contributed by atoms with Gasteiger partial charge in [-0.15, -0.1) is 0 Å². The molecule has 58 valence electrons. The van der Waals surface area contributed by atoms with Crippen molar-refractivity contribution in [2.45, 2.75) is 20.3 Å². The summed E-state index contributed by atoms with van der Waals surface area (Å²) in [4.78, 5) is 2.50. The van der Waals surface area contributed by atoms with Gasteiger partial charge in [0.15, 0.2) is 0 Å². The molecule has 0 aromatic heterocycles. The third kappa shape index (κ3) is 2.14. The van der Waals surface area contributed by atoms with Crippen LogP contribution in [-0.4, -0.2) is 24.5 Å². The molecule has 0 amide bonds. The van der Waals surface area contributed by atoms with E-state index in [9.17, 15) is 0 Å². The lowest BCUT2D eigenvalue weighted by Crippen LogP contribution is -2.27. The van der Waals surface area contributed by atoms with Crippen LogP contribution in [0, 0.1) is 5.92 Å². The van der Waals surface area contributed by atoms with Crippen LogP contribution in [0.1, 0.15) is 20.3 Å². The first-order chi connectivity index (χ1) is 4.83. The second-order valence-electron chi connectivity index (χ2n) is 3.09. The van der Waals surface area contributed by atoms with Crippen molar-refractivity contribution in [3.63, 3.8) is 0 Å². The predicted molar refractivity (Wildman–Crippen MR) is 45.0 cm³/mol. The third-order valence-corrected chi connectivity index (χ3v) is 2.07. The minimum absolute atomic E-state index is 0.752. The maximum atomic E-state index is 2.50. The van der Waals surface area contributed by atoms with E-state index in [1.54, 1.807) is 0 Å². The van der Waals surface area contributed by atoms with Gasteiger partial charge in [0.05, 0.1) is 0 Å². The molecule has 0 radical (unpaired) electrons. The van der Waals surface area contributed by atoms with E-state index >= 15 is 0 Å². The minimum atomic E-state index is 0.752. The van der Waals surface area contributed by atoms with Gasteiger partial charge in [0, 0.05) is 13.1 Å². The highest BCUT2D eigenvalue weighted by Crippen LogP contribution is 2.07. The smallest absolute Gasteiger partial charge is 0.00417 e. The highest BCUT2D eigenvalue weighted by Gasteiger charge is 2.07. The SMILES string of the molecule is CCN1CCC=CC(C)C1. The van der Waals surface area contributed by atoms with E-state index in [0.717, 1.165) is 5.92 Å². The third-order valence-electron chi connectivity index (χ3n) is 2.07. The van der Waals surface area contributed by atoms with Crippen LogP contribution < -0.4 is 0 Å². The van der Waals surface area contributed by atoms with E-state index in [1.807, 2.05) is 0 Å². The highest BCUT2D eigenvalue weighted by molar-refractivity contribution is 4.91. The van der Waals surface area contributed by atoms with Crippen molar-refractivity contribution in [1.82, 2.24) is 4.90 Å². The normalized spacial score (nSPS) is 28.4. The minimum Gasteiger partial charge on any atom is -0.303 e. The average Bonchev–Trinajstić information content (AvgIpc) is 2.13. The van der Waals surface area contributed by atoms with Gasteiger partial charge in [-0.25, -0.2) is 0 Å². The van der Waals surface area contributed by atoms with Crippen molar-refractivity contribution >= 4 is 0 Å². The zero-order valence-corrected chi connectivity index (χ0v) is 7.01. The van der Waals surface area contributed by atoms with E-state index in [4.69, 9.17) is 0 Å². The molecule has 0 aromatic carbocycles. The van der Waals surface area contributed by atoms with Gasteiger partial charge in [0.2, 0.25) is 0 Å². The molecular formula is C9H17N. The summed E-state index contributed by atoms with van der Waals surface area (Å²) >= 11 is 0. The summed E-state index contributed by atoms with van der Waals surface area (Å²) < 4.78 is 0. The van der Waals surface area contributed by atoms with Crippen LogP contribution in [0.3, 0.4) is 0 Å². The number of hydrogen-bond donors (Lipinski definition) is 0. The summed E-state index contributed by atoms with van der Waals surface area (Å²) in [5.74, 6) is 0.752. The molecule has 1 nitrogen and oxygen atoms in total. The molecule has 10 heavy (non-hydrogen) atoms.